The minimum atomic E-state index is -1.46. The van der Waals surface area contributed by atoms with Gasteiger partial charge in [0.1, 0.15) is 19.5 Å². The minimum Gasteiger partial charge on any atom is -0.497 e. The SMILES string of the molecule is COc1ccc(N=C(C#C[Si](C)(C)C)/C=C/c2ccccc2)cc1. The van der Waals surface area contributed by atoms with Gasteiger partial charge in [-0.05, 0) is 35.9 Å². The molecule has 0 aliphatic heterocycles. The Labute approximate surface area is 145 Å². The van der Waals surface area contributed by atoms with Gasteiger partial charge in [0.05, 0.1) is 12.8 Å². The van der Waals surface area contributed by atoms with E-state index in [-0.39, 0.29) is 0 Å². The molecular formula is C21H23NOSi. The van der Waals surface area contributed by atoms with Gasteiger partial charge < -0.3 is 4.74 Å². The number of methoxy groups -OCH3 is 1. The van der Waals surface area contributed by atoms with Crippen molar-refractivity contribution >= 4 is 25.5 Å². The first kappa shape index (κ1) is 17.8. The molecule has 2 aromatic rings. The lowest BCUT2D eigenvalue weighted by atomic mass is 10.2. The first-order valence-electron chi connectivity index (χ1n) is 7.95. The molecule has 0 saturated heterocycles. The molecular weight excluding hydrogens is 310 g/mol. The Kier molecular flexibility index (Phi) is 6.17. The van der Waals surface area contributed by atoms with Crippen LogP contribution in [-0.4, -0.2) is 20.9 Å². The summed E-state index contributed by atoms with van der Waals surface area (Å²) in [6, 6.07) is 17.9. The molecule has 0 aromatic heterocycles. The van der Waals surface area contributed by atoms with Crippen LogP contribution in [0.25, 0.3) is 6.08 Å². The van der Waals surface area contributed by atoms with E-state index in [0.717, 1.165) is 22.7 Å². The molecule has 0 bridgehead atoms. The van der Waals surface area contributed by atoms with Crippen LogP contribution in [0, 0.1) is 11.5 Å². The number of allylic oxidation sites excluding steroid dienone is 1. The molecule has 0 atom stereocenters. The van der Waals surface area contributed by atoms with Gasteiger partial charge in [-0.15, -0.1) is 5.54 Å². The van der Waals surface area contributed by atoms with Crippen molar-refractivity contribution in [2.24, 2.45) is 4.99 Å². The lowest BCUT2D eigenvalue weighted by Gasteiger charge is -2.04. The minimum absolute atomic E-state index is 0.770. The lowest BCUT2D eigenvalue weighted by molar-refractivity contribution is 0.415. The van der Waals surface area contributed by atoms with E-state index in [1.807, 2.05) is 54.6 Å². The van der Waals surface area contributed by atoms with Gasteiger partial charge >= 0.3 is 0 Å². The molecule has 2 nitrogen and oxygen atoms in total. The largest absolute Gasteiger partial charge is 0.497 e. The molecule has 0 saturated carbocycles. The van der Waals surface area contributed by atoms with Gasteiger partial charge in [-0.3, -0.25) is 0 Å². The zero-order chi connectivity index (χ0) is 17.4. The molecule has 0 spiro atoms. The number of rotatable bonds is 4. The van der Waals surface area contributed by atoms with E-state index < -0.39 is 8.07 Å². The standard InChI is InChI=1S/C21H23NOSi/c1-23-21-14-12-19(13-15-21)22-20(16-17-24(2,3)4)11-10-18-8-6-5-7-9-18/h5-15H,1-4H3/b11-10+,22-20?. The van der Waals surface area contributed by atoms with E-state index in [9.17, 15) is 0 Å². The molecule has 0 unspecified atom stereocenters. The van der Waals surface area contributed by atoms with Gasteiger partial charge in [0, 0.05) is 0 Å². The first-order chi connectivity index (χ1) is 11.5. The third kappa shape index (κ3) is 6.27. The van der Waals surface area contributed by atoms with Crippen LogP contribution < -0.4 is 4.74 Å². The summed E-state index contributed by atoms with van der Waals surface area (Å²) >= 11 is 0. The monoisotopic (exact) mass is 333 g/mol. The second-order valence-corrected chi connectivity index (χ2v) is 11.2. The summed E-state index contributed by atoms with van der Waals surface area (Å²) in [5, 5.41) is 0. The Bertz CT molecular complexity index is 773. The van der Waals surface area contributed by atoms with E-state index in [1.165, 1.54) is 0 Å². The molecule has 0 amide bonds. The number of hydrogen-bond acceptors (Lipinski definition) is 2. The molecule has 0 N–H and O–H groups in total. The second-order valence-electron chi connectivity index (χ2n) is 6.44. The number of hydrogen-bond donors (Lipinski definition) is 0. The molecule has 0 aliphatic rings. The summed E-state index contributed by atoms with van der Waals surface area (Å²) in [4.78, 5) is 4.68. The van der Waals surface area contributed by atoms with Crippen LogP contribution in [-0.2, 0) is 0 Å². The van der Waals surface area contributed by atoms with Gasteiger partial charge in [-0.2, -0.15) is 0 Å². The summed E-state index contributed by atoms with van der Waals surface area (Å²) in [6.45, 7) is 6.68. The van der Waals surface area contributed by atoms with Crippen molar-refractivity contribution in [2.45, 2.75) is 19.6 Å². The number of aliphatic imine (C=N–C) groups is 1. The maximum absolute atomic E-state index is 5.19. The third-order valence-corrected chi connectivity index (χ3v) is 4.00. The molecule has 2 rings (SSSR count). The van der Waals surface area contributed by atoms with Crippen LogP contribution in [0.5, 0.6) is 5.75 Å². The highest BCUT2D eigenvalue weighted by molar-refractivity contribution is 6.84. The maximum atomic E-state index is 5.19. The molecule has 0 fully saturated rings. The topological polar surface area (TPSA) is 21.6 Å². The summed E-state index contributed by atoms with van der Waals surface area (Å²) in [5.41, 5.74) is 6.16. The third-order valence-electron chi connectivity index (χ3n) is 3.12. The van der Waals surface area contributed by atoms with Crippen LogP contribution in [0.2, 0.25) is 19.6 Å². The Hall–Kier alpha value is -2.57. The Balaban J connectivity index is 2.32. The smallest absolute Gasteiger partial charge is 0.129 e. The van der Waals surface area contributed by atoms with Crippen molar-refractivity contribution in [2.75, 3.05) is 7.11 Å². The van der Waals surface area contributed by atoms with Crippen molar-refractivity contribution in [3.05, 3.63) is 66.2 Å². The second kappa shape index (κ2) is 8.33. The average Bonchev–Trinajstić information content (AvgIpc) is 2.58. The zero-order valence-corrected chi connectivity index (χ0v) is 15.7. The van der Waals surface area contributed by atoms with Crippen molar-refractivity contribution in [3.8, 4) is 17.2 Å². The summed E-state index contributed by atoms with van der Waals surface area (Å²) in [7, 11) is 0.202. The van der Waals surface area contributed by atoms with E-state index in [1.54, 1.807) is 7.11 Å². The van der Waals surface area contributed by atoms with Crippen molar-refractivity contribution in [1.29, 1.82) is 0 Å². The quantitative estimate of drug-likeness (QED) is 0.419. The Morgan fingerprint density at radius 2 is 1.67 bits per heavy atom. The Morgan fingerprint density at radius 3 is 2.25 bits per heavy atom. The van der Waals surface area contributed by atoms with Gasteiger partial charge in [0.25, 0.3) is 0 Å². The highest BCUT2D eigenvalue weighted by Gasteiger charge is 2.07. The van der Waals surface area contributed by atoms with Crippen molar-refractivity contribution in [3.63, 3.8) is 0 Å². The molecule has 0 radical (unpaired) electrons. The fraction of sp³-hybridized carbons (Fsp3) is 0.190. The number of nitrogens with zero attached hydrogens (tertiary/aromatic N) is 1. The molecule has 24 heavy (non-hydrogen) atoms. The highest BCUT2D eigenvalue weighted by atomic mass is 28.3. The normalized spacial score (nSPS) is 11.9. The van der Waals surface area contributed by atoms with Crippen LogP contribution >= 0.6 is 0 Å². The van der Waals surface area contributed by atoms with Crippen LogP contribution in [0.3, 0.4) is 0 Å². The highest BCUT2D eigenvalue weighted by Crippen LogP contribution is 2.18. The number of benzene rings is 2. The predicted molar refractivity (Wildman–Crippen MR) is 107 cm³/mol. The van der Waals surface area contributed by atoms with E-state index in [4.69, 9.17) is 4.74 Å². The molecule has 2 aromatic carbocycles. The maximum Gasteiger partial charge on any atom is 0.129 e. The molecule has 122 valence electrons. The molecule has 3 heteroatoms. The van der Waals surface area contributed by atoms with Crippen molar-refractivity contribution in [1.82, 2.24) is 0 Å². The van der Waals surface area contributed by atoms with Gasteiger partial charge in [-0.1, -0.05) is 62.0 Å². The van der Waals surface area contributed by atoms with Gasteiger partial charge in [0.2, 0.25) is 0 Å². The van der Waals surface area contributed by atoms with E-state index >= 15 is 0 Å². The van der Waals surface area contributed by atoms with Crippen LogP contribution in [0.1, 0.15) is 5.56 Å². The zero-order valence-electron chi connectivity index (χ0n) is 14.7. The number of ether oxygens (including phenoxy) is 1. The van der Waals surface area contributed by atoms with Crippen LogP contribution in [0.4, 0.5) is 5.69 Å². The first-order valence-corrected chi connectivity index (χ1v) is 11.5. The van der Waals surface area contributed by atoms with Crippen molar-refractivity contribution < 1.29 is 4.74 Å². The summed E-state index contributed by atoms with van der Waals surface area (Å²) in [5.74, 6) is 4.07. The van der Waals surface area contributed by atoms with E-state index in [2.05, 4.69) is 48.2 Å². The summed E-state index contributed by atoms with van der Waals surface area (Å²) < 4.78 is 5.19. The fourth-order valence-electron chi connectivity index (χ4n) is 1.89. The lowest BCUT2D eigenvalue weighted by Crippen LogP contribution is -2.16. The predicted octanol–water partition coefficient (Wildman–Crippen LogP) is 5.36. The van der Waals surface area contributed by atoms with Gasteiger partial charge in [-0.25, -0.2) is 4.99 Å². The fourth-order valence-corrected chi connectivity index (χ4v) is 2.40. The molecule has 0 aliphatic carbocycles. The molecule has 0 heterocycles. The summed E-state index contributed by atoms with van der Waals surface area (Å²) in [6.07, 6.45) is 4.02. The van der Waals surface area contributed by atoms with Gasteiger partial charge in [0.15, 0.2) is 0 Å². The average molecular weight is 334 g/mol. The Morgan fingerprint density at radius 1 is 1.00 bits per heavy atom. The van der Waals surface area contributed by atoms with Crippen LogP contribution in [0.15, 0.2) is 65.7 Å². The van der Waals surface area contributed by atoms with E-state index in [0.29, 0.717) is 0 Å².